The highest BCUT2D eigenvalue weighted by Crippen LogP contribution is 2.46. The highest BCUT2D eigenvalue weighted by Gasteiger charge is 2.46. The van der Waals surface area contributed by atoms with Crippen molar-refractivity contribution >= 4 is 16.8 Å². The average Bonchev–Trinajstić information content (AvgIpc) is 3.89. The summed E-state index contributed by atoms with van der Waals surface area (Å²) in [7, 11) is 0. The zero-order chi connectivity index (χ0) is 32.6. The Morgan fingerprint density at radius 2 is 1.70 bits per heavy atom. The summed E-state index contributed by atoms with van der Waals surface area (Å²) >= 11 is 0. The minimum Gasteiger partial charge on any atom is -0.379 e. The summed E-state index contributed by atoms with van der Waals surface area (Å²) in [6.07, 6.45) is -0.100. The number of hydrogen-bond acceptors (Lipinski definition) is 5. The van der Waals surface area contributed by atoms with Crippen LogP contribution in [0.15, 0.2) is 72.8 Å². The molecule has 1 amide bonds. The Balaban J connectivity index is 1.32. The van der Waals surface area contributed by atoms with Crippen LogP contribution in [0, 0.1) is 0 Å². The van der Waals surface area contributed by atoms with Crippen molar-refractivity contribution in [1.29, 1.82) is 0 Å². The molecule has 6 nitrogen and oxygen atoms in total. The molecule has 2 aliphatic heterocycles. The second kappa shape index (κ2) is 13.0. The molecule has 2 saturated heterocycles. The summed E-state index contributed by atoms with van der Waals surface area (Å²) in [5.74, 6) is -0.213. The first-order valence-corrected chi connectivity index (χ1v) is 16.8. The second-order valence-electron chi connectivity index (χ2n) is 13.2. The lowest BCUT2D eigenvalue weighted by Crippen LogP contribution is -2.48. The number of hydrogen-bond donors (Lipinski definition) is 1. The predicted octanol–water partition coefficient (Wildman–Crippen LogP) is 7.20. The molecule has 3 aliphatic rings. The molecule has 246 valence electrons. The van der Waals surface area contributed by atoms with E-state index in [1.165, 1.54) is 12.1 Å². The number of piperidine rings is 1. The number of nitrogens with one attached hydrogen (secondary N) is 1. The number of aromatic nitrogens is 1. The van der Waals surface area contributed by atoms with E-state index in [0.29, 0.717) is 40.5 Å². The fourth-order valence-electron chi connectivity index (χ4n) is 7.32. The van der Waals surface area contributed by atoms with Crippen LogP contribution in [0.1, 0.15) is 65.2 Å². The summed E-state index contributed by atoms with van der Waals surface area (Å²) < 4.78 is 47.4. The van der Waals surface area contributed by atoms with Crippen molar-refractivity contribution in [2.45, 2.75) is 63.3 Å². The molecule has 0 spiro atoms. The number of alkyl halides is 3. The van der Waals surface area contributed by atoms with Crippen molar-refractivity contribution in [3.63, 3.8) is 0 Å². The summed E-state index contributed by atoms with van der Waals surface area (Å²) in [4.78, 5) is 24.5. The van der Waals surface area contributed by atoms with Gasteiger partial charge in [0.15, 0.2) is 0 Å². The highest BCUT2D eigenvalue weighted by molar-refractivity contribution is 6.09. The van der Waals surface area contributed by atoms with Crippen LogP contribution in [-0.2, 0) is 29.4 Å². The van der Waals surface area contributed by atoms with Crippen LogP contribution in [0.4, 0.5) is 13.2 Å². The number of ether oxygens (including phenoxy) is 1. The molecule has 0 bridgehead atoms. The van der Waals surface area contributed by atoms with Crippen LogP contribution >= 0.6 is 0 Å². The van der Waals surface area contributed by atoms with E-state index in [1.54, 1.807) is 6.07 Å². The smallest absolute Gasteiger partial charge is 0.379 e. The molecular formula is C38H41F3N4O2. The van der Waals surface area contributed by atoms with Crippen LogP contribution < -0.4 is 5.32 Å². The molecule has 1 N–H and O–H groups in total. The van der Waals surface area contributed by atoms with Crippen LogP contribution in [-0.4, -0.2) is 66.1 Å². The summed E-state index contributed by atoms with van der Waals surface area (Å²) in [5, 5.41) is 4.10. The predicted molar refractivity (Wildman–Crippen MR) is 177 cm³/mol. The largest absolute Gasteiger partial charge is 0.416 e. The monoisotopic (exact) mass is 642 g/mol. The quantitative estimate of drug-likeness (QED) is 0.220. The van der Waals surface area contributed by atoms with Gasteiger partial charge in [0.2, 0.25) is 0 Å². The highest BCUT2D eigenvalue weighted by atomic mass is 19.4. The molecule has 9 heteroatoms. The number of nitrogens with zero attached hydrogens (tertiary/aromatic N) is 3. The van der Waals surface area contributed by atoms with Crippen molar-refractivity contribution in [3.8, 4) is 11.3 Å². The minimum absolute atomic E-state index is 0.213. The van der Waals surface area contributed by atoms with Gasteiger partial charge >= 0.3 is 6.18 Å². The first-order valence-electron chi connectivity index (χ1n) is 16.8. The first kappa shape index (κ1) is 31.8. The molecule has 7 rings (SSSR count). The summed E-state index contributed by atoms with van der Waals surface area (Å²) in [6, 6.07) is 21.8. The van der Waals surface area contributed by atoms with Gasteiger partial charge in [0.25, 0.3) is 5.91 Å². The number of morpholine rings is 1. The second-order valence-corrected chi connectivity index (χ2v) is 13.2. The lowest BCUT2D eigenvalue weighted by molar-refractivity contribution is -0.137. The maximum atomic E-state index is 14.6. The minimum atomic E-state index is -4.50. The van der Waals surface area contributed by atoms with Gasteiger partial charge in [0.05, 0.1) is 41.1 Å². The fraction of sp³-hybridized carbons (Fsp3) is 0.421. The number of amides is 1. The lowest BCUT2D eigenvalue weighted by atomic mass is 9.92. The number of fused-ring (bicyclic) bond motifs is 1. The third-order valence-corrected chi connectivity index (χ3v) is 10.2. The number of aryl methyl sites for hydroxylation is 1. The molecule has 3 heterocycles. The first-order chi connectivity index (χ1) is 22.7. The number of rotatable bonds is 8. The van der Waals surface area contributed by atoms with Gasteiger partial charge in [-0.05, 0) is 74.5 Å². The van der Waals surface area contributed by atoms with E-state index >= 15 is 0 Å². The van der Waals surface area contributed by atoms with E-state index in [0.717, 1.165) is 94.1 Å². The Bertz CT molecular complexity index is 1740. The van der Waals surface area contributed by atoms with Gasteiger partial charge in [-0.25, -0.2) is 4.98 Å². The van der Waals surface area contributed by atoms with Crippen molar-refractivity contribution in [2.24, 2.45) is 0 Å². The van der Waals surface area contributed by atoms with Gasteiger partial charge in [-0.1, -0.05) is 61.5 Å². The molecule has 0 unspecified atom stereocenters. The molecule has 47 heavy (non-hydrogen) atoms. The standard InChI is InChI=1S/C38H41F3N4O2/c1-2-26-11-12-31-33(23-26)42-35(27-7-6-10-29(24-27)38(39,40)41)32(25-44-17-13-30(14-18-44)45-19-21-47-22-20-45)34(31)36(46)43-37(15-16-37)28-8-4-3-5-9-28/h3-12,23-24,30H,2,13-22,25H2,1H3,(H,43,46). The van der Waals surface area contributed by atoms with Crippen LogP contribution in [0.2, 0.25) is 0 Å². The van der Waals surface area contributed by atoms with Gasteiger partial charge in [-0.2, -0.15) is 13.2 Å². The summed E-state index contributed by atoms with van der Waals surface area (Å²) in [6.45, 7) is 7.50. The fourth-order valence-corrected chi connectivity index (χ4v) is 7.32. The molecule has 1 saturated carbocycles. The summed E-state index contributed by atoms with van der Waals surface area (Å²) in [5.41, 5.74) is 3.50. The Labute approximate surface area is 273 Å². The number of halogens is 3. The van der Waals surface area contributed by atoms with E-state index in [2.05, 4.69) is 15.1 Å². The van der Waals surface area contributed by atoms with E-state index in [4.69, 9.17) is 9.72 Å². The molecule has 1 aliphatic carbocycles. The molecule has 0 radical (unpaired) electrons. The number of likely N-dealkylation sites (tertiary alicyclic amines) is 1. The molecule has 3 aromatic carbocycles. The van der Waals surface area contributed by atoms with Crippen molar-refractivity contribution in [1.82, 2.24) is 20.1 Å². The molecular weight excluding hydrogens is 601 g/mol. The van der Waals surface area contributed by atoms with Crippen LogP contribution in [0.3, 0.4) is 0 Å². The van der Waals surface area contributed by atoms with E-state index in [9.17, 15) is 18.0 Å². The van der Waals surface area contributed by atoms with Gasteiger partial charge in [-0.3, -0.25) is 14.6 Å². The third-order valence-electron chi connectivity index (χ3n) is 10.2. The lowest BCUT2D eigenvalue weighted by Gasteiger charge is -2.40. The third kappa shape index (κ3) is 6.66. The number of benzene rings is 3. The zero-order valence-corrected chi connectivity index (χ0v) is 26.8. The SMILES string of the molecule is CCc1ccc2c(C(=O)NC3(c4ccccc4)CC3)c(CN3CCC(N4CCOCC4)CC3)c(-c3cccc(C(F)(F)F)c3)nc2c1. The Hall–Kier alpha value is -3.79. The van der Waals surface area contributed by atoms with Crippen LogP contribution in [0.5, 0.6) is 0 Å². The van der Waals surface area contributed by atoms with Crippen molar-refractivity contribution in [2.75, 3.05) is 39.4 Å². The molecule has 3 fully saturated rings. The Morgan fingerprint density at radius 3 is 2.38 bits per heavy atom. The maximum Gasteiger partial charge on any atom is 0.416 e. The normalized spacial score (nSPS) is 19.1. The number of pyridine rings is 1. The van der Waals surface area contributed by atoms with E-state index < -0.39 is 17.3 Å². The Kier molecular flexibility index (Phi) is 8.80. The van der Waals surface area contributed by atoms with Crippen molar-refractivity contribution < 1.29 is 22.7 Å². The van der Waals surface area contributed by atoms with Crippen molar-refractivity contribution in [3.05, 3.63) is 101 Å². The molecule has 0 atom stereocenters. The van der Waals surface area contributed by atoms with E-state index in [1.807, 2.05) is 55.5 Å². The van der Waals surface area contributed by atoms with Gasteiger partial charge < -0.3 is 10.1 Å². The van der Waals surface area contributed by atoms with Gasteiger partial charge in [0.1, 0.15) is 0 Å². The molecule has 4 aromatic rings. The number of carbonyl (C=O) groups is 1. The zero-order valence-electron chi connectivity index (χ0n) is 26.8. The van der Waals surface area contributed by atoms with Gasteiger partial charge in [-0.15, -0.1) is 0 Å². The Morgan fingerprint density at radius 1 is 0.957 bits per heavy atom. The van der Waals surface area contributed by atoms with Gasteiger partial charge in [0, 0.05) is 42.2 Å². The number of carbonyl (C=O) groups excluding carboxylic acids is 1. The van der Waals surface area contributed by atoms with E-state index in [-0.39, 0.29) is 5.91 Å². The average molecular weight is 643 g/mol. The van der Waals surface area contributed by atoms with Crippen LogP contribution in [0.25, 0.3) is 22.2 Å². The maximum absolute atomic E-state index is 14.6. The molecule has 1 aromatic heterocycles. The topological polar surface area (TPSA) is 57.7 Å².